The van der Waals surface area contributed by atoms with Crippen molar-refractivity contribution in [3.8, 4) is 16.9 Å². The Kier molecular flexibility index (Phi) is 6.59. The van der Waals surface area contributed by atoms with Crippen LogP contribution in [0, 0.1) is 0 Å². The van der Waals surface area contributed by atoms with Crippen molar-refractivity contribution in [1.82, 2.24) is 4.90 Å². The number of phenols is 1. The first-order chi connectivity index (χ1) is 17.2. The smallest absolute Gasteiger partial charge is 0.267 e. The summed E-state index contributed by atoms with van der Waals surface area (Å²) in [6, 6.07) is 28.5. The summed E-state index contributed by atoms with van der Waals surface area (Å²) in [7, 11) is 0. The summed E-state index contributed by atoms with van der Waals surface area (Å²) in [6.45, 7) is 0.261. The molecule has 0 radical (unpaired) electrons. The van der Waals surface area contributed by atoms with E-state index in [1.54, 1.807) is 47.7 Å². The number of rotatable bonds is 6. The van der Waals surface area contributed by atoms with Crippen molar-refractivity contribution in [2.75, 3.05) is 0 Å². The number of hydrogen-bond acceptors (Lipinski definition) is 6. The SMILES string of the molecule is O=C1/C(=C/c2ccc(-c3ccccc3)cc2)S/C(=N\N=C\c2ccc(O)cc2)N1Cc1ccco1. The van der Waals surface area contributed by atoms with E-state index < -0.39 is 0 Å². The molecule has 1 fully saturated rings. The quantitative estimate of drug-likeness (QED) is 0.204. The molecule has 4 aromatic rings. The normalized spacial score (nSPS) is 16.1. The molecule has 7 heteroatoms. The van der Waals surface area contributed by atoms with Crippen LogP contribution in [0.1, 0.15) is 16.9 Å². The molecular formula is C28H21N3O3S. The zero-order valence-electron chi connectivity index (χ0n) is 18.6. The third kappa shape index (κ3) is 5.42. The van der Waals surface area contributed by atoms with Gasteiger partial charge in [-0.25, -0.2) is 0 Å². The number of benzene rings is 3. The van der Waals surface area contributed by atoms with E-state index in [0.717, 1.165) is 22.3 Å². The Morgan fingerprint density at radius 3 is 2.29 bits per heavy atom. The van der Waals surface area contributed by atoms with Crippen molar-refractivity contribution in [3.05, 3.63) is 119 Å². The number of carbonyl (C=O) groups excluding carboxylic acids is 1. The highest BCUT2D eigenvalue weighted by molar-refractivity contribution is 8.18. The summed E-state index contributed by atoms with van der Waals surface area (Å²) in [5.41, 5.74) is 3.97. The highest BCUT2D eigenvalue weighted by Gasteiger charge is 2.34. The van der Waals surface area contributed by atoms with Gasteiger partial charge >= 0.3 is 0 Å². The molecule has 0 saturated carbocycles. The predicted molar refractivity (Wildman–Crippen MR) is 140 cm³/mol. The summed E-state index contributed by atoms with van der Waals surface area (Å²) in [6.07, 6.45) is 5.02. The zero-order valence-corrected chi connectivity index (χ0v) is 19.4. The fraction of sp³-hybridized carbons (Fsp3) is 0.0357. The van der Waals surface area contributed by atoms with Crippen LogP contribution in [0.4, 0.5) is 0 Å². The zero-order chi connectivity index (χ0) is 24.0. The van der Waals surface area contributed by atoms with Gasteiger partial charge in [-0.2, -0.15) is 5.10 Å². The Bertz CT molecular complexity index is 1390. The molecule has 0 bridgehead atoms. The van der Waals surface area contributed by atoms with Gasteiger partial charge in [0.25, 0.3) is 5.91 Å². The standard InChI is InChI=1S/C28H21N3O3S/c32-24-14-10-21(11-15-24)18-29-30-28-31(19-25-7-4-16-34-25)27(33)26(35-28)17-20-8-12-23(13-9-20)22-5-2-1-3-6-22/h1-18,32H,19H2/b26-17-,29-18+,30-28-. The van der Waals surface area contributed by atoms with E-state index in [1.165, 1.54) is 11.8 Å². The van der Waals surface area contributed by atoms with Gasteiger partial charge in [0.05, 0.1) is 23.9 Å². The van der Waals surface area contributed by atoms with Crippen LogP contribution >= 0.6 is 11.8 Å². The van der Waals surface area contributed by atoms with Crippen LogP contribution in [0.15, 0.2) is 117 Å². The van der Waals surface area contributed by atoms with Crippen molar-refractivity contribution in [3.63, 3.8) is 0 Å². The highest BCUT2D eigenvalue weighted by atomic mass is 32.2. The predicted octanol–water partition coefficient (Wildman–Crippen LogP) is 6.16. The van der Waals surface area contributed by atoms with E-state index in [-0.39, 0.29) is 18.2 Å². The van der Waals surface area contributed by atoms with Crippen LogP contribution in [-0.2, 0) is 11.3 Å². The minimum absolute atomic E-state index is 0.155. The van der Waals surface area contributed by atoms with Crippen molar-refractivity contribution in [1.29, 1.82) is 0 Å². The minimum Gasteiger partial charge on any atom is -0.508 e. The van der Waals surface area contributed by atoms with Crippen LogP contribution < -0.4 is 0 Å². The summed E-state index contributed by atoms with van der Waals surface area (Å²) in [5, 5.41) is 18.4. The first-order valence-electron chi connectivity index (χ1n) is 10.9. The third-order valence-electron chi connectivity index (χ3n) is 5.34. The first kappa shape index (κ1) is 22.4. The Hall–Kier alpha value is -4.36. The van der Waals surface area contributed by atoms with Gasteiger partial charge in [-0.1, -0.05) is 54.6 Å². The Morgan fingerprint density at radius 2 is 1.57 bits per heavy atom. The number of carbonyl (C=O) groups is 1. The van der Waals surface area contributed by atoms with E-state index in [1.807, 2.05) is 54.6 Å². The number of furan rings is 1. The molecule has 1 aliphatic rings. The number of nitrogens with zero attached hydrogens (tertiary/aromatic N) is 3. The molecule has 1 aromatic heterocycles. The third-order valence-corrected chi connectivity index (χ3v) is 6.34. The highest BCUT2D eigenvalue weighted by Crippen LogP contribution is 2.34. The lowest BCUT2D eigenvalue weighted by Gasteiger charge is -2.12. The van der Waals surface area contributed by atoms with E-state index in [2.05, 4.69) is 22.3 Å². The maximum atomic E-state index is 13.2. The molecule has 0 atom stereocenters. The van der Waals surface area contributed by atoms with E-state index in [0.29, 0.717) is 15.8 Å². The summed E-state index contributed by atoms with van der Waals surface area (Å²) >= 11 is 1.27. The van der Waals surface area contributed by atoms with Gasteiger partial charge in [-0.05, 0) is 76.5 Å². The molecule has 1 N–H and O–H groups in total. The Balaban J connectivity index is 1.39. The molecule has 1 aliphatic heterocycles. The first-order valence-corrected chi connectivity index (χ1v) is 11.8. The number of hydrogen-bond donors (Lipinski definition) is 1. The fourth-order valence-electron chi connectivity index (χ4n) is 3.54. The van der Waals surface area contributed by atoms with Crippen molar-refractivity contribution in [2.24, 2.45) is 10.2 Å². The topological polar surface area (TPSA) is 78.4 Å². The minimum atomic E-state index is -0.155. The fourth-order valence-corrected chi connectivity index (χ4v) is 4.47. The molecule has 3 aromatic carbocycles. The average Bonchev–Trinajstić information content (AvgIpc) is 3.51. The molecule has 0 aliphatic carbocycles. The number of phenolic OH excluding ortho intramolecular Hbond substituents is 1. The van der Waals surface area contributed by atoms with E-state index in [4.69, 9.17) is 4.42 Å². The van der Waals surface area contributed by atoms with Crippen LogP contribution in [0.3, 0.4) is 0 Å². The molecule has 0 unspecified atom stereocenters. The van der Waals surface area contributed by atoms with Crippen LogP contribution in [-0.4, -0.2) is 27.3 Å². The van der Waals surface area contributed by atoms with Gasteiger partial charge in [0.1, 0.15) is 11.5 Å². The molecule has 35 heavy (non-hydrogen) atoms. The molecule has 172 valence electrons. The molecule has 1 saturated heterocycles. The van der Waals surface area contributed by atoms with Gasteiger partial charge in [0, 0.05) is 0 Å². The van der Waals surface area contributed by atoms with Crippen molar-refractivity contribution < 1.29 is 14.3 Å². The van der Waals surface area contributed by atoms with Crippen molar-refractivity contribution >= 4 is 35.1 Å². The summed E-state index contributed by atoms with van der Waals surface area (Å²) in [5.74, 6) is 0.682. The Labute approximate surface area is 206 Å². The monoisotopic (exact) mass is 479 g/mol. The maximum Gasteiger partial charge on any atom is 0.267 e. The molecule has 2 heterocycles. The second-order valence-electron chi connectivity index (χ2n) is 7.79. The van der Waals surface area contributed by atoms with Gasteiger partial charge in [-0.3, -0.25) is 9.69 Å². The molecule has 0 spiro atoms. The van der Waals surface area contributed by atoms with Crippen LogP contribution in [0.2, 0.25) is 0 Å². The Morgan fingerprint density at radius 1 is 0.857 bits per heavy atom. The van der Waals surface area contributed by atoms with Crippen LogP contribution in [0.5, 0.6) is 5.75 Å². The van der Waals surface area contributed by atoms with Crippen LogP contribution in [0.25, 0.3) is 17.2 Å². The number of amidine groups is 1. The van der Waals surface area contributed by atoms with E-state index >= 15 is 0 Å². The summed E-state index contributed by atoms with van der Waals surface area (Å²) in [4.78, 5) is 15.4. The molecular weight excluding hydrogens is 458 g/mol. The van der Waals surface area contributed by atoms with Crippen molar-refractivity contribution in [2.45, 2.75) is 6.54 Å². The molecule has 5 rings (SSSR count). The molecule has 1 amide bonds. The second kappa shape index (κ2) is 10.3. The number of aromatic hydroxyl groups is 1. The molecule has 6 nitrogen and oxygen atoms in total. The second-order valence-corrected chi connectivity index (χ2v) is 8.80. The van der Waals surface area contributed by atoms with Gasteiger partial charge in [0.2, 0.25) is 0 Å². The number of thioether (sulfide) groups is 1. The van der Waals surface area contributed by atoms with Gasteiger partial charge < -0.3 is 9.52 Å². The van der Waals surface area contributed by atoms with E-state index in [9.17, 15) is 9.90 Å². The van der Waals surface area contributed by atoms with Gasteiger partial charge in [0.15, 0.2) is 5.17 Å². The lowest BCUT2D eigenvalue weighted by molar-refractivity contribution is -0.122. The largest absolute Gasteiger partial charge is 0.508 e. The van der Waals surface area contributed by atoms with Gasteiger partial charge in [-0.15, -0.1) is 5.10 Å². The maximum absolute atomic E-state index is 13.2. The average molecular weight is 480 g/mol. The summed E-state index contributed by atoms with van der Waals surface area (Å²) < 4.78 is 5.45. The lowest BCUT2D eigenvalue weighted by Crippen LogP contribution is -2.28. The number of amides is 1. The lowest BCUT2D eigenvalue weighted by atomic mass is 10.0.